The van der Waals surface area contributed by atoms with Crippen molar-refractivity contribution in [1.82, 2.24) is 15.5 Å². The minimum absolute atomic E-state index is 0.111. The number of carbonyl (C=O) groups is 1. The van der Waals surface area contributed by atoms with Gasteiger partial charge in [0.15, 0.2) is 0 Å². The summed E-state index contributed by atoms with van der Waals surface area (Å²) in [6, 6.07) is 0.144. The summed E-state index contributed by atoms with van der Waals surface area (Å²) >= 11 is 0. The number of rotatable bonds is 6. The minimum atomic E-state index is -0.124. The molecule has 1 rings (SSSR count). The van der Waals surface area contributed by atoms with E-state index >= 15 is 0 Å². The second-order valence-electron chi connectivity index (χ2n) is 4.34. The molecule has 5 nitrogen and oxygen atoms in total. The SMILES string of the molecule is C=CCN1CCC(NC(=O)NCCCO)CC1. The summed E-state index contributed by atoms with van der Waals surface area (Å²) in [5.41, 5.74) is 0. The molecule has 1 aliphatic heterocycles. The van der Waals surface area contributed by atoms with Crippen LogP contribution in [0.2, 0.25) is 0 Å². The molecule has 2 amide bonds. The fraction of sp³-hybridized carbons (Fsp3) is 0.750. The number of carbonyl (C=O) groups excluding carboxylic acids is 1. The Morgan fingerprint density at radius 1 is 1.47 bits per heavy atom. The van der Waals surface area contributed by atoms with Crippen LogP contribution >= 0.6 is 0 Å². The van der Waals surface area contributed by atoms with Gasteiger partial charge in [0.2, 0.25) is 0 Å². The van der Waals surface area contributed by atoms with Crippen molar-refractivity contribution in [1.29, 1.82) is 0 Å². The number of hydrogen-bond donors (Lipinski definition) is 3. The number of aliphatic hydroxyl groups is 1. The Morgan fingerprint density at radius 3 is 2.76 bits per heavy atom. The number of piperidine rings is 1. The second kappa shape index (κ2) is 8.08. The minimum Gasteiger partial charge on any atom is -0.396 e. The Hall–Kier alpha value is -1.07. The van der Waals surface area contributed by atoms with Crippen molar-refractivity contribution in [3.05, 3.63) is 12.7 Å². The monoisotopic (exact) mass is 241 g/mol. The molecule has 0 bridgehead atoms. The highest BCUT2D eigenvalue weighted by molar-refractivity contribution is 5.74. The van der Waals surface area contributed by atoms with Gasteiger partial charge in [-0.1, -0.05) is 6.08 Å². The number of hydrogen-bond acceptors (Lipinski definition) is 3. The molecule has 0 spiro atoms. The Kier molecular flexibility index (Phi) is 6.65. The molecule has 17 heavy (non-hydrogen) atoms. The standard InChI is InChI=1S/C12H23N3O2/c1-2-7-15-8-4-11(5-9-15)14-12(17)13-6-3-10-16/h2,11,16H,1,3-10H2,(H2,13,14,17). The van der Waals surface area contributed by atoms with Crippen molar-refractivity contribution in [2.75, 3.05) is 32.8 Å². The Labute approximate surface area is 103 Å². The number of urea groups is 1. The van der Waals surface area contributed by atoms with E-state index < -0.39 is 0 Å². The predicted molar refractivity (Wildman–Crippen MR) is 67.9 cm³/mol. The lowest BCUT2D eigenvalue weighted by molar-refractivity contribution is 0.203. The summed E-state index contributed by atoms with van der Waals surface area (Å²) in [4.78, 5) is 13.8. The van der Waals surface area contributed by atoms with E-state index in [9.17, 15) is 4.79 Å². The summed E-state index contributed by atoms with van der Waals surface area (Å²) in [5, 5.41) is 14.3. The van der Waals surface area contributed by atoms with Gasteiger partial charge in [-0.25, -0.2) is 4.79 Å². The number of aliphatic hydroxyl groups excluding tert-OH is 1. The van der Waals surface area contributed by atoms with E-state index in [-0.39, 0.29) is 18.7 Å². The van der Waals surface area contributed by atoms with Crippen LogP contribution in [-0.4, -0.2) is 54.9 Å². The molecule has 0 radical (unpaired) electrons. The second-order valence-corrected chi connectivity index (χ2v) is 4.34. The molecule has 0 aromatic carbocycles. The lowest BCUT2D eigenvalue weighted by Crippen LogP contribution is -2.48. The van der Waals surface area contributed by atoms with Gasteiger partial charge in [0, 0.05) is 38.8 Å². The van der Waals surface area contributed by atoms with Gasteiger partial charge in [0.1, 0.15) is 0 Å². The van der Waals surface area contributed by atoms with Gasteiger partial charge in [0.25, 0.3) is 0 Å². The zero-order valence-electron chi connectivity index (χ0n) is 10.3. The zero-order valence-corrected chi connectivity index (χ0v) is 10.3. The normalized spacial score (nSPS) is 17.7. The third kappa shape index (κ3) is 5.70. The molecular formula is C12H23N3O2. The van der Waals surface area contributed by atoms with Gasteiger partial charge in [-0.2, -0.15) is 0 Å². The molecule has 0 aromatic heterocycles. The van der Waals surface area contributed by atoms with E-state index in [4.69, 9.17) is 5.11 Å². The topological polar surface area (TPSA) is 64.6 Å². The van der Waals surface area contributed by atoms with E-state index in [1.807, 2.05) is 6.08 Å². The van der Waals surface area contributed by atoms with Gasteiger partial charge >= 0.3 is 6.03 Å². The average molecular weight is 241 g/mol. The quantitative estimate of drug-likeness (QED) is 0.463. The molecule has 0 saturated carbocycles. The third-order valence-electron chi connectivity index (χ3n) is 2.93. The van der Waals surface area contributed by atoms with Crippen LogP contribution in [0.3, 0.4) is 0 Å². The molecule has 0 unspecified atom stereocenters. The first-order chi connectivity index (χ1) is 8.26. The molecule has 1 fully saturated rings. The maximum Gasteiger partial charge on any atom is 0.315 e. The molecular weight excluding hydrogens is 218 g/mol. The predicted octanol–water partition coefficient (Wildman–Crippen LogP) is 0.318. The fourth-order valence-electron chi connectivity index (χ4n) is 1.96. The first kappa shape index (κ1) is 14.0. The van der Waals surface area contributed by atoms with Gasteiger partial charge < -0.3 is 15.7 Å². The molecule has 5 heteroatoms. The molecule has 3 N–H and O–H groups in total. The van der Waals surface area contributed by atoms with Gasteiger partial charge in [0.05, 0.1) is 0 Å². The van der Waals surface area contributed by atoms with Crippen molar-refractivity contribution in [2.24, 2.45) is 0 Å². The van der Waals surface area contributed by atoms with Gasteiger partial charge in [-0.15, -0.1) is 6.58 Å². The van der Waals surface area contributed by atoms with E-state index in [0.29, 0.717) is 13.0 Å². The van der Waals surface area contributed by atoms with Crippen LogP contribution in [0.4, 0.5) is 4.79 Å². The molecule has 0 atom stereocenters. The first-order valence-corrected chi connectivity index (χ1v) is 6.24. The largest absolute Gasteiger partial charge is 0.396 e. The van der Waals surface area contributed by atoms with Gasteiger partial charge in [-0.3, -0.25) is 4.90 Å². The van der Waals surface area contributed by atoms with E-state index in [1.165, 1.54) is 0 Å². The molecule has 0 aliphatic carbocycles. The van der Waals surface area contributed by atoms with Crippen LogP contribution in [0.15, 0.2) is 12.7 Å². The maximum atomic E-state index is 11.5. The number of likely N-dealkylation sites (tertiary alicyclic amines) is 1. The Morgan fingerprint density at radius 2 is 2.18 bits per heavy atom. The van der Waals surface area contributed by atoms with Crippen molar-refractivity contribution >= 4 is 6.03 Å². The number of nitrogens with one attached hydrogen (secondary N) is 2. The molecule has 1 aliphatic rings. The lowest BCUT2D eigenvalue weighted by Gasteiger charge is -2.31. The summed E-state index contributed by atoms with van der Waals surface area (Å²) in [5.74, 6) is 0. The van der Waals surface area contributed by atoms with Crippen LogP contribution in [0.25, 0.3) is 0 Å². The van der Waals surface area contributed by atoms with Crippen molar-refractivity contribution in [2.45, 2.75) is 25.3 Å². The average Bonchev–Trinajstić information content (AvgIpc) is 2.32. The van der Waals surface area contributed by atoms with Crippen LogP contribution in [0.5, 0.6) is 0 Å². The highest BCUT2D eigenvalue weighted by Crippen LogP contribution is 2.09. The van der Waals surface area contributed by atoms with Crippen LogP contribution < -0.4 is 10.6 Å². The van der Waals surface area contributed by atoms with Crippen LogP contribution in [0.1, 0.15) is 19.3 Å². The number of amides is 2. The summed E-state index contributed by atoms with van der Waals surface area (Å²) in [6.07, 6.45) is 4.49. The zero-order chi connectivity index (χ0) is 12.5. The summed E-state index contributed by atoms with van der Waals surface area (Å²) < 4.78 is 0. The van der Waals surface area contributed by atoms with Crippen LogP contribution in [-0.2, 0) is 0 Å². The summed E-state index contributed by atoms with van der Waals surface area (Å²) in [6.45, 7) is 7.30. The van der Waals surface area contributed by atoms with Crippen molar-refractivity contribution in [3.8, 4) is 0 Å². The first-order valence-electron chi connectivity index (χ1n) is 6.24. The molecule has 98 valence electrons. The van der Waals surface area contributed by atoms with E-state index in [1.54, 1.807) is 0 Å². The van der Waals surface area contributed by atoms with Crippen molar-refractivity contribution in [3.63, 3.8) is 0 Å². The Balaban J connectivity index is 2.12. The fourth-order valence-corrected chi connectivity index (χ4v) is 1.96. The molecule has 1 saturated heterocycles. The molecule has 1 heterocycles. The van der Waals surface area contributed by atoms with E-state index in [0.717, 1.165) is 32.5 Å². The highest BCUT2D eigenvalue weighted by atomic mass is 16.3. The van der Waals surface area contributed by atoms with Crippen molar-refractivity contribution < 1.29 is 9.90 Å². The van der Waals surface area contributed by atoms with Gasteiger partial charge in [-0.05, 0) is 19.3 Å². The van der Waals surface area contributed by atoms with Crippen LogP contribution in [0, 0.1) is 0 Å². The maximum absolute atomic E-state index is 11.5. The third-order valence-corrected chi connectivity index (χ3v) is 2.93. The smallest absolute Gasteiger partial charge is 0.315 e. The summed E-state index contributed by atoms with van der Waals surface area (Å²) in [7, 11) is 0. The highest BCUT2D eigenvalue weighted by Gasteiger charge is 2.19. The lowest BCUT2D eigenvalue weighted by atomic mass is 10.1. The van der Waals surface area contributed by atoms with E-state index in [2.05, 4.69) is 22.1 Å². The Bertz CT molecular complexity index is 238. The molecule has 0 aromatic rings. The number of nitrogens with zero attached hydrogens (tertiary/aromatic N) is 1.